The molecule has 0 bridgehead atoms. The topological polar surface area (TPSA) is 286 Å². The van der Waals surface area contributed by atoms with Crippen LogP contribution < -0.4 is 91.4 Å². The van der Waals surface area contributed by atoms with Gasteiger partial charge in [0.25, 0.3) is 26.8 Å². The monoisotopic (exact) mass is 656 g/mol. The number of nitrogens with zero attached hydrogens (tertiary/aromatic N) is 2. The number of aromatic amines is 2. The van der Waals surface area contributed by atoms with Gasteiger partial charge < -0.3 is 47.6 Å². The van der Waals surface area contributed by atoms with E-state index in [0.717, 1.165) is 24.5 Å². The van der Waals surface area contributed by atoms with Gasteiger partial charge in [0, 0.05) is 24.5 Å². The Labute approximate surface area is 277 Å². The molecule has 5 rings (SSSR count). The molecule has 0 amide bonds. The Hall–Kier alpha value is -0.580. The molecule has 0 aromatic carbocycles. The summed E-state index contributed by atoms with van der Waals surface area (Å²) in [6.45, 7) is -2.01. The second-order valence-electron chi connectivity index (χ2n) is 8.77. The summed E-state index contributed by atoms with van der Waals surface area (Å²) >= 11 is 0. The summed E-state index contributed by atoms with van der Waals surface area (Å²) in [5.74, 6) is 0. The number of aliphatic hydroxyl groups excluding tert-OH is 2. The van der Waals surface area contributed by atoms with Gasteiger partial charge in [0.05, 0.1) is 13.2 Å². The fourth-order valence-corrected chi connectivity index (χ4v) is 6.27. The number of nitrogens with one attached hydrogen (secondary N) is 2. The first-order valence-electron chi connectivity index (χ1n) is 11.3. The van der Waals surface area contributed by atoms with Crippen LogP contribution in [0.1, 0.15) is 12.5 Å². The molecular weight excluding hydrogens is 636 g/mol. The van der Waals surface area contributed by atoms with E-state index >= 15 is 0 Å². The predicted molar refractivity (Wildman–Crippen MR) is 119 cm³/mol. The van der Waals surface area contributed by atoms with Crippen molar-refractivity contribution >= 4 is 15.6 Å². The molecule has 3 aliphatic rings. The summed E-state index contributed by atoms with van der Waals surface area (Å²) < 4.78 is 57.1. The summed E-state index contributed by atoms with van der Waals surface area (Å²) in [5.41, 5.74) is -3.62. The Morgan fingerprint density at radius 1 is 0.738 bits per heavy atom. The van der Waals surface area contributed by atoms with Crippen molar-refractivity contribution in [2.45, 2.75) is 49.1 Å². The summed E-state index contributed by atoms with van der Waals surface area (Å²) in [6, 6.07) is 1.83. The van der Waals surface area contributed by atoms with Crippen LogP contribution in [0.4, 0.5) is 0 Å². The van der Waals surface area contributed by atoms with Crippen molar-refractivity contribution in [1.82, 2.24) is 19.1 Å². The Kier molecular flexibility index (Phi) is 11.8. The van der Waals surface area contributed by atoms with E-state index in [4.69, 9.17) is 27.6 Å². The van der Waals surface area contributed by atoms with E-state index in [2.05, 4.69) is 0 Å². The van der Waals surface area contributed by atoms with Crippen LogP contribution in [0.3, 0.4) is 0 Å². The van der Waals surface area contributed by atoms with Crippen LogP contribution in [0, 0.1) is 0 Å². The number of hydrogen-bond acceptors (Lipinski definition) is 16. The van der Waals surface area contributed by atoms with Crippen molar-refractivity contribution in [1.29, 1.82) is 0 Å². The third kappa shape index (κ3) is 7.61. The van der Waals surface area contributed by atoms with Gasteiger partial charge in [-0.2, -0.15) is 0 Å². The van der Waals surface area contributed by atoms with Crippen molar-refractivity contribution in [3.8, 4) is 0 Å². The van der Waals surface area contributed by atoms with E-state index in [1.165, 1.54) is 0 Å². The smallest absolute Gasteiger partial charge is 0.756 e. The Morgan fingerprint density at radius 2 is 1.10 bits per heavy atom. The van der Waals surface area contributed by atoms with Crippen LogP contribution >= 0.6 is 15.6 Å². The van der Waals surface area contributed by atoms with Crippen LogP contribution in [-0.4, -0.2) is 79.2 Å². The van der Waals surface area contributed by atoms with Gasteiger partial charge in [-0.1, -0.05) is 0 Å². The standard InChI is InChI=1S/C18H22N4O16P2.2Na/c23-9-1-3-21(17(27)19-9)15-11(25)13-7(35-15)5-33-40(31,32)38-14-8(6-34-39(29,30)37-13)36-16(12(14)26)22-4-2-10(24)20-18(22)28;;/h1-4,7-8,11-16,25-26H,5-6H2,(H,29,30)(H,31,32)(H,19,23,27)(H,20,24,28);;/q;2*+1/p-2/t7-,8-,11-,12-,13-,14-,15-,16-;;/m1../s1. The zero-order chi connectivity index (χ0) is 29.0. The second-order valence-corrected chi connectivity index (χ2v) is 11.5. The van der Waals surface area contributed by atoms with Crippen molar-refractivity contribution in [2.75, 3.05) is 13.2 Å². The van der Waals surface area contributed by atoms with Gasteiger partial charge >= 0.3 is 70.5 Å². The number of hydrogen-bond donors (Lipinski definition) is 4. The summed E-state index contributed by atoms with van der Waals surface area (Å²) in [5, 5.41) is 21.4. The number of rotatable bonds is 2. The van der Waals surface area contributed by atoms with E-state index in [1.807, 2.05) is 9.97 Å². The third-order valence-corrected chi connectivity index (χ3v) is 8.10. The molecule has 20 nitrogen and oxygen atoms in total. The van der Waals surface area contributed by atoms with E-state index < -0.39 is 100 Å². The average Bonchev–Trinajstić information content (AvgIpc) is 3.32. The summed E-state index contributed by atoms with van der Waals surface area (Å²) in [4.78, 5) is 76.2. The molecular formula is C18H20N4Na2O16P2. The first-order valence-corrected chi connectivity index (χ1v) is 14.2. The maximum absolute atomic E-state index is 12.7. The molecule has 3 saturated heterocycles. The maximum atomic E-state index is 12.7. The van der Waals surface area contributed by atoms with E-state index in [0.29, 0.717) is 9.13 Å². The normalized spacial score (nSPS) is 38.6. The van der Waals surface area contributed by atoms with E-state index in [-0.39, 0.29) is 59.1 Å². The van der Waals surface area contributed by atoms with Gasteiger partial charge in [-0.3, -0.25) is 37.8 Å². The van der Waals surface area contributed by atoms with Gasteiger partial charge in [0.2, 0.25) is 0 Å². The van der Waals surface area contributed by atoms with Gasteiger partial charge in [-0.05, 0) is 0 Å². The average molecular weight is 656 g/mol. The molecule has 2 aromatic rings. The molecule has 10 atom stereocenters. The third-order valence-electron chi connectivity index (χ3n) is 6.16. The molecule has 4 N–H and O–H groups in total. The van der Waals surface area contributed by atoms with Gasteiger partial charge in [-0.15, -0.1) is 0 Å². The number of ether oxygens (including phenoxy) is 2. The zero-order valence-corrected chi connectivity index (χ0v) is 27.5. The van der Waals surface area contributed by atoms with E-state index in [1.54, 1.807) is 0 Å². The van der Waals surface area contributed by atoms with Crippen LogP contribution in [0.25, 0.3) is 0 Å². The molecule has 24 heteroatoms. The number of aromatic nitrogens is 4. The largest absolute Gasteiger partial charge is 1.00 e. The van der Waals surface area contributed by atoms with Crippen molar-refractivity contribution < 1.29 is 116 Å². The molecule has 3 aliphatic heterocycles. The fourth-order valence-electron chi connectivity index (χ4n) is 4.37. The second kappa shape index (κ2) is 13.8. The van der Waals surface area contributed by atoms with Gasteiger partial charge in [0.1, 0.15) is 36.6 Å². The Balaban J connectivity index is 0.00000242. The number of phosphoric acid groups is 2. The molecule has 5 heterocycles. The number of phosphoric ester groups is 2. The minimum atomic E-state index is -5.36. The molecule has 0 radical (unpaired) electrons. The quantitative estimate of drug-likeness (QED) is 0.172. The SMILES string of the molecule is O=c1ccn([C@@H]2O[C@@H]3COP(=O)([O-])O[C@H]4[C@@H](O)[C@H](n5ccc(=O)[nH]c5=O)O[C@@H]4COP(=O)([O-])O[C@H]3[C@H]2O)c(=O)[nH]1.[Na+].[Na+]. The van der Waals surface area contributed by atoms with Gasteiger partial charge in [-0.25, -0.2) is 9.59 Å². The van der Waals surface area contributed by atoms with Crippen LogP contribution in [0.2, 0.25) is 0 Å². The molecule has 0 aliphatic carbocycles. The molecule has 2 unspecified atom stereocenters. The number of H-pyrrole nitrogens is 2. The predicted octanol–water partition coefficient (Wildman–Crippen LogP) is -10.6. The van der Waals surface area contributed by atoms with E-state index in [9.17, 15) is 48.3 Å². The van der Waals surface area contributed by atoms with Crippen molar-refractivity contribution in [3.05, 3.63) is 66.2 Å². The van der Waals surface area contributed by atoms with Crippen molar-refractivity contribution in [3.63, 3.8) is 0 Å². The summed E-state index contributed by atoms with van der Waals surface area (Å²) in [7, 11) is -10.7. The first kappa shape index (κ1) is 35.9. The number of aliphatic hydroxyl groups is 2. The number of fused-ring (bicyclic) bond motifs is 2. The van der Waals surface area contributed by atoms with Crippen LogP contribution in [0.15, 0.2) is 43.7 Å². The minimum Gasteiger partial charge on any atom is -0.756 e. The summed E-state index contributed by atoms with van der Waals surface area (Å²) in [6.07, 6.45) is -12.3. The maximum Gasteiger partial charge on any atom is 1.00 e. The van der Waals surface area contributed by atoms with Crippen molar-refractivity contribution in [2.24, 2.45) is 0 Å². The zero-order valence-electron chi connectivity index (χ0n) is 21.7. The molecule has 2 aromatic heterocycles. The Morgan fingerprint density at radius 3 is 1.43 bits per heavy atom. The molecule has 0 saturated carbocycles. The van der Waals surface area contributed by atoms with Crippen LogP contribution in [0.5, 0.6) is 0 Å². The Bertz CT molecular complexity index is 1500. The van der Waals surface area contributed by atoms with Gasteiger partial charge in [0.15, 0.2) is 12.5 Å². The first-order chi connectivity index (χ1) is 18.7. The minimum absolute atomic E-state index is 0. The molecule has 220 valence electrons. The van der Waals surface area contributed by atoms with Crippen LogP contribution in [-0.2, 0) is 36.7 Å². The fraction of sp³-hybridized carbons (Fsp3) is 0.556. The molecule has 0 spiro atoms. The molecule has 3 fully saturated rings. The molecule has 42 heavy (non-hydrogen) atoms.